The summed E-state index contributed by atoms with van der Waals surface area (Å²) in [5.41, 5.74) is 2.01. The van der Waals surface area contributed by atoms with Crippen molar-refractivity contribution in [1.29, 1.82) is 0 Å². The Kier molecular flexibility index (Phi) is 5.19. The normalized spacial score (nSPS) is 13.2. The summed E-state index contributed by atoms with van der Waals surface area (Å²) >= 11 is 1.58. The molecule has 0 N–H and O–H groups in total. The molecule has 160 valence electrons. The van der Waals surface area contributed by atoms with Crippen LogP contribution in [0.25, 0.3) is 21.0 Å². The van der Waals surface area contributed by atoms with Gasteiger partial charge in [0.1, 0.15) is 5.01 Å². The monoisotopic (exact) mass is 443 g/mol. The SMILES string of the molecule is CN(Cc1nc2ccccc2s1)C(=O)CCCN1C(=O)c2cccc3cccc(c23)C1=O. The maximum Gasteiger partial charge on any atom is 0.261 e. The molecule has 0 saturated carbocycles. The molecule has 3 amide bonds. The van der Waals surface area contributed by atoms with Crippen LogP contribution in [0.15, 0.2) is 60.7 Å². The summed E-state index contributed by atoms with van der Waals surface area (Å²) in [7, 11) is 1.75. The van der Waals surface area contributed by atoms with Gasteiger partial charge in [-0.15, -0.1) is 11.3 Å². The Labute approximate surface area is 189 Å². The van der Waals surface area contributed by atoms with Gasteiger partial charge in [0.15, 0.2) is 0 Å². The molecule has 1 aliphatic rings. The van der Waals surface area contributed by atoms with Gasteiger partial charge in [-0.1, -0.05) is 36.4 Å². The zero-order valence-corrected chi connectivity index (χ0v) is 18.4. The first-order valence-corrected chi connectivity index (χ1v) is 11.3. The Morgan fingerprint density at radius 3 is 2.34 bits per heavy atom. The van der Waals surface area contributed by atoms with Crippen LogP contribution in [0.1, 0.15) is 38.6 Å². The van der Waals surface area contributed by atoms with Crippen molar-refractivity contribution in [2.45, 2.75) is 19.4 Å². The number of nitrogens with zero attached hydrogens (tertiary/aromatic N) is 3. The third-order valence-corrected chi connectivity index (χ3v) is 6.79. The molecule has 2 heterocycles. The van der Waals surface area contributed by atoms with E-state index in [-0.39, 0.29) is 30.7 Å². The number of imide groups is 1. The van der Waals surface area contributed by atoms with Crippen molar-refractivity contribution in [3.05, 3.63) is 76.8 Å². The fourth-order valence-corrected chi connectivity index (χ4v) is 5.16. The second-order valence-corrected chi connectivity index (χ2v) is 9.02. The third kappa shape index (κ3) is 3.54. The number of thiazole rings is 1. The van der Waals surface area contributed by atoms with E-state index in [1.54, 1.807) is 35.4 Å². The number of amides is 3. The lowest BCUT2D eigenvalue weighted by Gasteiger charge is -2.27. The molecule has 0 fully saturated rings. The van der Waals surface area contributed by atoms with Crippen molar-refractivity contribution in [2.75, 3.05) is 13.6 Å². The minimum atomic E-state index is -0.297. The molecule has 1 aromatic heterocycles. The maximum atomic E-state index is 13.0. The molecule has 0 saturated heterocycles. The molecule has 3 aromatic carbocycles. The van der Waals surface area contributed by atoms with Crippen LogP contribution in [-0.4, -0.2) is 46.1 Å². The summed E-state index contributed by atoms with van der Waals surface area (Å²) in [6.45, 7) is 0.651. The summed E-state index contributed by atoms with van der Waals surface area (Å²) in [6, 6.07) is 18.9. The molecule has 0 aliphatic carbocycles. The number of hydrogen-bond donors (Lipinski definition) is 0. The molecule has 0 bridgehead atoms. The highest BCUT2D eigenvalue weighted by molar-refractivity contribution is 7.18. The molecule has 6 nitrogen and oxygen atoms in total. The maximum absolute atomic E-state index is 13.0. The van der Waals surface area contributed by atoms with E-state index in [4.69, 9.17) is 0 Å². The summed E-state index contributed by atoms with van der Waals surface area (Å²) in [4.78, 5) is 46.0. The van der Waals surface area contributed by atoms with E-state index in [9.17, 15) is 14.4 Å². The summed E-state index contributed by atoms with van der Waals surface area (Å²) in [5, 5.41) is 2.48. The average Bonchev–Trinajstić information content (AvgIpc) is 3.21. The fourth-order valence-electron chi connectivity index (χ4n) is 4.14. The Morgan fingerprint density at radius 2 is 1.66 bits per heavy atom. The van der Waals surface area contributed by atoms with Crippen LogP contribution in [0.2, 0.25) is 0 Å². The largest absolute Gasteiger partial charge is 0.339 e. The molecule has 32 heavy (non-hydrogen) atoms. The van der Waals surface area contributed by atoms with Crippen molar-refractivity contribution < 1.29 is 14.4 Å². The summed E-state index contributed by atoms with van der Waals surface area (Å²) in [6.07, 6.45) is 0.670. The van der Waals surface area contributed by atoms with Crippen LogP contribution < -0.4 is 0 Å². The lowest BCUT2D eigenvalue weighted by atomic mass is 9.94. The lowest BCUT2D eigenvalue weighted by Crippen LogP contribution is -2.41. The Hall–Kier alpha value is -3.58. The zero-order valence-electron chi connectivity index (χ0n) is 17.6. The van der Waals surface area contributed by atoms with E-state index in [0.29, 0.717) is 29.5 Å². The number of benzene rings is 3. The Balaban J connectivity index is 1.22. The first-order chi connectivity index (χ1) is 15.5. The van der Waals surface area contributed by atoms with Crippen molar-refractivity contribution in [3.63, 3.8) is 0 Å². The van der Waals surface area contributed by atoms with Crippen LogP contribution in [0.5, 0.6) is 0 Å². The first-order valence-electron chi connectivity index (χ1n) is 10.5. The topological polar surface area (TPSA) is 70.6 Å². The van der Waals surface area contributed by atoms with Crippen LogP contribution >= 0.6 is 11.3 Å². The van der Waals surface area contributed by atoms with Gasteiger partial charge in [-0.2, -0.15) is 0 Å². The predicted octanol–water partition coefficient (Wildman–Crippen LogP) is 4.48. The van der Waals surface area contributed by atoms with E-state index >= 15 is 0 Å². The number of carbonyl (C=O) groups is 3. The van der Waals surface area contributed by atoms with E-state index < -0.39 is 0 Å². The quantitative estimate of drug-likeness (QED) is 0.412. The first kappa shape index (κ1) is 20.3. The number of fused-ring (bicyclic) bond motifs is 1. The molecule has 0 atom stereocenters. The second kappa shape index (κ2) is 8.16. The van der Waals surface area contributed by atoms with Crippen LogP contribution in [0.3, 0.4) is 0 Å². The third-order valence-electron chi connectivity index (χ3n) is 5.76. The second-order valence-electron chi connectivity index (χ2n) is 7.90. The van der Waals surface area contributed by atoms with Gasteiger partial charge in [0, 0.05) is 36.5 Å². The summed E-state index contributed by atoms with van der Waals surface area (Å²) < 4.78 is 1.10. The fraction of sp³-hybridized carbons (Fsp3) is 0.200. The standard InChI is InChI=1S/C25H21N3O3S/c1-27(15-21-26-19-11-2-3-12-20(19)32-21)22(29)13-6-14-28-24(30)17-9-4-7-16-8-5-10-18(23(16)17)25(28)31/h2-5,7-12H,6,13-15H2,1H3. The highest BCUT2D eigenvalue weighted by atomic mass is 32.1. The van der Waals surface area contributed by atoms with Gasteiger partial charge in [-0.25, -0.2) is 4.98 Å². The molecule has 1 aliphatic heterocycles. The molecule has 5 rings (SSSR count). The molecule has 7 heteroatoms. The Morgan fingerprint density at radius 1 is 0.969 bits per heavy atom. The van der Waals surface area contributed by atoms with Crippen molar-refractivity contribution in [3.8, 4) is 0 Å². The van der Waals surface area contributed by atoms with E-state index in [1.165, 1.54) is 4.90 Å². The minimum absolute atomic E-state index is 0.0383. The zero-order chi connectivity index (χ0) is 22.2. The Bertz CT molecular complexity index is 1290. The average molecular weight is 444 g/mol. The van der Waals surface area contributed by atoms with Crippen molar-refractivity contribution in [1.82, 2.24) is 14.8 Å². The van der Waals surface area contributed by atoms with Crippen LogP contribution in [0, 0.1) is 0 Å². The smallest absolute Gasteiger partial charge is 0.261 e. The number of aromatic nitrogens is 1. The highest BCUT2D eigenvalue weighted by Crippen LogP contribution is 2.30. The van der Waals surface area contributed by atoms with Gasteiger partial charge < -0.3 is 4.90 Å². The number of para-hydroxylation sites is 1. The molecule has 4 aromatic rings. The van der Waals surface area contributed by atoms with E-state index in [0.717, 1.165) is 20.6 Å². The van der Waals surface area contributed by atoms with E-state index in [1.807, 2.05) is 48.5 Å². The van der Waals surface area contributed by atoms with E-state index in [2.05, 4.69) is 4.98 Å². The van der Waals surface area contributed by atoms with Gasteiger partial charge in [0.05, 0.1) is 16.8 Å². The van der Waals surface area contributed by atoms with Gasteiger partial charge >= 0.3 is 0 Å². The molecule has 0 spiro atoms. The molecule has 0 unspecified atom stereocenters. The number of carbonyl (C=O) groups excluding carboxylic acids is 3. The van der Waals surface area contributed by atoms with Gasteiger partial charge in [0.25, 0.3) is 11.8 Å². The van der Waals surface area contributed by atoms with Gasteiger partial charge in [0.2, 0.25) is 5.91 Å². The van der Waals surface area contributed by atoms with Crippen molar-refractivity contribution in [2.24, 2.45) is 0 Å². The van der Waals surface area contributed by atoms with Gasteiger partial charge in [-0.3, -0.25) is 19.3 Å². The van der Waals surface area contributed by atoms with Crippen LogP contribution in [-0.2, 0) is 11.3 Å². The summed E-state index contributed by atoms with van der Waals surface area (Å²) in [5.74, 6) is -0.632. The molecule has 0 radical (unpaired) electrons. The minimum Gasteiger partial charge on any atom is -0.339 e. The number of rotatable bonds is 6. The van der Waals surface area contributed by atoms with Crippen LogP contribution in [0.4, 0.5) is 0 Å². The predicted molar refractivity (Wildman–Crippen MR) is 125 cm³/mol. The lowest BCUT2D eigenvalue weighted by molar-refractivity contribution is -0.130. The number of hydrogen-bond acceptors (Lipinski definition) is 5. The van der Waals surface area contributed by atoms with Crippen molar-refractivity contribution >= 4 is 50.0 Å². The molecular formula is C25H21N3O3S. The molecular weight excluding hydrogens is 422 g/mol. The van der Waals surface area contributed by atoms with Gasteiger partial charge in [-0.05, 0) is 36.1 Å². The highest BCUT2D eigenvalue weighted by Gasteiger charge is 2.32.